The van der Waals surface area contributed by atoms with Gasteiger partial charge in [-0.05, 0) is 61.4 Å². The molecule has 4 aromatic rings. The minimum Gasteiger partial charge on any atom is -0.463 e. The maximum absolute atomic E-state index is 12.6. The number of amides is 2. The van der Waals surface area contributed by atoms with E-state index in [2.05, 4.69) is 31.0 Å². The lowest BCUT2D eigenvalue weighted by Crippen LogP contribution is -2.18. The second kappa shape index (κ2) is 16.9. The van der Waals surface area contributed by atoms with Crippen LogP contribution in [0.5, 0.6) is 0 Å². The van der Waals surface area contributed by atoms with Gasteiger partial charge in [-0.3, -0.25) is 14.4 Å². The number of anilines is 2. The number of carbonyl (C=O) groups excluding carboxylic acids is 3. The normalized spacial score (nSPS) is 11.5. The van der Waals surface area contributed by atoms with E-state index < -0.39 is 12.6 Å². The van der Waals surface area contributed by atoms with Crippen LogP contribution < -0.4 is 10.6 Å². The van der Waals surface area contributed by atoms with Crippen LogP contribution in [0.25, 0.3) is 0 Å². The van der Waals surface area contributed by atoms with Crippen LogP contribution in [0.4, 0.5) is 15.3 Å². The van der Waals surface area contributed by atoms with Crippen LogP contribution in [0.2, 0.25) is 0 Å². The standard InChI is InChI=1S/C32H35FN6O4S/c1-22(25-10-3-2-4-11-25)31(42)35-32-39-38-29(44-32)13-6-5-12-26-15-16-27(37-36-26)34-28(40)21-24-9-7-8-23(20-24)14-17-30(41)43-19-18-33/h2-4,7-11,15-16,20,22H,5-6,12-14,17-19,21H2,1H3,(H,34,37,40)(H,35,39,42). The molecule has 0 aliphatic carbocycles. The highest BCUT2D eigenvalue weighted by Gasteiger charge is 2.17. The number of nitrogens with zero attached hydrogens (tertiary/aromatic N) is 4. The number of halogens is 1. The number of aryl methyl sites for hydroxylation is 3. The van der Waals surface area contributed by atoms with Crippen molar-refractivity contribution in [3.8, 4) is 0 Å². The molecule has 0 saturated heterocycles. The number of carbonyl (C=O) groups is 3. The summed E-state index contributed by atoms with van der Waals surface area (Å²) in [6.45, 7) is 0.936. The third-order valence-electron chi connectivity index (χ3n) is 6.76. The Kier molecular flexibility index (Phi) is 12.4. The molecule has 2 heterocycles. The van der Waals surface area contributed by atoms with E-state index in [4.69, 9.17) is 4.74 Å². The molecule has 12 heteroatoms. The van der Waals surface area contributed by atoms with Gasteiger partial charge in [0.2, 0.25) is 16.9 Å². The molecule has 0 saturated carbocycles. The molecule has 0 spiro atoms. The van der Waals surface area contributed by atoms with Crippen molar-refractivity contribution >= 4 is 40.1 Å². The molecule has 230 valence electrons. The van der Waals surface area contributed by atoms with E-state index in [-0.39, 0.29) is 37.2 Å². The lowest BCUT2D eigenvalue weighted by Gasteiger charge is -2.10. The van der Waals surface area contributed by atoms with Gasteiger partial charge in [-0.2, -0.15) is 5.10 Å². The maximum atomic E-state index is 12.6. The predicted molar refractivity (Wildman–Crippen MR) is 166 cm³/mol. The van der Waals surface area contributed by atoms with Crippen LogP contribution in [-0.2, 0) is 44.8 Å². The third kappa shape index (κ3) is 10.6. The zero-order valence-electron chi connectivity index (χ0n) is 24.5. The number of esters is 1. The topological polar surface area (TPSA) is 136 Å². The van der Waals surface area contributed by atoms with Crippen molar-refractivity contribution in [2.75, 3.05) is 23.9 Å². The average molecular weight is 619 g/mol. The molecule has 0 fully saturated rings. The van der Waals surface area contributed by atoms with Gasteiger partial charge in [-0.15, -0.1) is 15.3 Å². The molecule has 10 nitrogen and oxygen atoms in total. The number of aromatic nitrogens is 4. The lowest BCUT2D eigenvalue weighted by atomic mass is 10.0. The van der Waals surface area contributed by atoms with Gasteiger partial charge in [0.25, 0.3) is 0 Å². The number of unbranched alkanes of at least 4 members (excludes halogenated alkanes) is 1. The summed E-state index contributed by atoms with van der Waals surface area (Å²) in [5.41, 5.74) is 3.46. The van der Waals surface area contributed by atoms with Gasteiger partial charge in [0.15, 0.2) is 5.82 Å². The number of rotatable bonds is 16. The van der Waals surface area contributed by atoms with Crippen molar-refractivity contribution in [3.05, 3.63) is 94.1 Å². The fourth-order valence-electron chi connectivity index (χ4n) is 4.39. The average Bonchev–Trinajstić information content (AvgIpc) is 3.49. The van der Waals surface area contributed by atoms with Crippen molar-refractivity contribution in [2.45, 2.75) is 57.8 Å². The molecular formula is C32H35FN6O4S. The molecule has 2 N–H and O–H groups in total. The van der Waals surface area contributed by atoms with E-state index in [9.17, 15) is 18.8 Å². The number of ether oxygens (including phenoxy) is 1. The number of hydrogen-bond donors (Lipinski definition) is 2. The van der Waals surface area contributed by atoms with Crippen molar-refractivity contribution in [3.63, 3.8) is 0 Å². The molecule has 2 aromatic heterocycles. The molecule has 4 rings (SSSR count). The zero-order valence-corrected chi connectivity index (χ0v) is 25.3. The number of benzene rings is 2. The Morgan fingerprint density at radius 3 is 2.43 bits per heavy atom. The summed E-state index contributed by atoms with van der Waals surface area (Å²) < 4.78 is 16.9. The van der Waals surface area contributed by atoms with Crippen LogP contribution in [0.15, 0.2) is 66.7 Å². The van der Waals surface area contributed by atoms with Gasteiger partial charge < -0.3 is 15.4 Å². The van der Waals surface area contributed by atoms with Crippen LogP contribution in [-0.4, -0.2) is 51.5 Å². The van der Waals surface area contributed by atoms with Crippen LogP contribution in [0, 0.1) is 0 Å². The SMILES string of the molecule is CC(C(=O)Nc1nnc(CCCCc2ccc(NC(=O)Cc3cccc(CCC(=O)OCCF)c3)nn2)s1)c1ccccc1. The first-order valence-corrected chi connectivity index (χ1v) is 15.3. The Morgan fingerprint density at radius 1 is 0.864 bits per heavy atom. The Bertz CT molecular complexity index is 1520. The predicted octanol–water partition coefficient (Wildman–Crippen LogP) is 5.26. The molecule has 1 atom stereocenters. The van der Waals surface area contributed by atoms with E-state index >= 15 is 0 Å². The van der Waals surface area contributed by atoms with Crippen LogP contribution >= 0.6 is 11.3 Å². The van der Waals surface area contributed by atoms with Gasteiger partial charge in [0, 0.05) is 12.8 Å². The molecule has 44 heavy (non-hydrogen) atoms. The summed E-state index contributed by atoms with van der Waals surface area (Å²) in [5, 5.41) is 23.7. The molecule has 2 amide bonds. The Hall–Kier alpha value is -4.58. The quantitative estimate of drug-likeness (QED) is 0.128. The van der Waals surface area contributed by atoms with Gasteiger partial charge in [-0.25, -0.2) is 4.39 Å². The molecular weight excluding hydrogens is 583 g/mol. The fraction of sp³-hybridized carbons (Fsp3) is 0.344. The lowest BCUT2D eigenvalue weighted by molar-refractivity contribution is -0.144. The highest BCUT2D eigenvalue weighted by Crippen LogP contribution is 2.21. The van der Waals surface area contributed by atoms with E-state index in [1.54, 1.807) is 6.07 Å². The molecule has 0 aliphatic heterocycles. The summed E-state index contributed by atoms with van der Waals surface area (Å²) in [6, 6.07) is 20.6. The number of hydrogen-bond acceptors (Lipinski definition) is 9. The Labute approximate surface area is 259 Å². The summed E-state index contributed by atoms with van der Waals surface area (Å²) >= 11 is 1.38. The second-order valence-corrected chi connectivity index (χ2v) is 11.3. The van der Waals surface area contributed by atoms with Gasteiger partial charge in [-0.1, -0.05) is 65.9 Å². The molecule has 1 unspecified atom stereocenters. The first-order valence-electron chi connectivity index (χ1n) is 14.5. The summed E-state index contributed by atoms with van der Waals surface area (Å²) in [5.74, 6) is -0.707. The van der Waals surface area contributed by atoms with Gasteiger partial charge in [0.1, 0.15) is 18.3 Å². The molecule has 0 bridgehead atoms. The Balaban J connectivity index is 1.14. The summed E-state index contributed by atoms with van der Waals surface area (Å²) in [7, 11) is 0. The first kappa shape index (κ1) is 32.3. The second-order valence-electron chi connectivity index (χ2n) is 10.2. The molecule has 0 aliphatic rings. The van der Waals surface area contributed by atoms with E-state index in [1.807, 2.05) is 67.6 Å². The third-order valence-corrected chi connectivity index (χ3v) is 7.66. The van der Waals surface area contributed by atoms with Crippen LogP contribution in [0.3, 0.4) is 0 Å². The summed E-state index contributed by atoms with van der Waals surface area (Å²) in [6.07, 6.45) is 3.96. The van der Waals surface area contributed by atoms with E-state index in [0.29, 0.717) is 17.4 Å². The van der Waals surface area contributed by atoms with Crippen molar-refractivity contribution in [1.29, 1.82) is 0 Å². The van der Waals surface area contributed by atoms with Gasteiger partial charge >= 0.3 is 5.97 Å². The highest BCUT2D eigenvalue weighted by atomic mass is 32.1. The number of alkyl halides is 1. The van der Waals surface area contributed by atoms with Crippen molar-refractivity contribution in [2.24, 2.45) is 0 Å². The molecule has 2 aromatic carbocycles. The van der Waals surface area contributed by atoms with Crippen molar-refractivity contribution in [1.82, 2.24) is 20.4 Å². The fourth-order valence-corrected chi connectivity index (χ4v) is 5.18. The van der Waals surface area contributed by atoms with Gasteiger partial charge in [0.05, 0.1) is 18.0 Å². The largest absolute Gasteiger partial charge is 0.463 e. The molecule has 0 radical (unpaired) electrons. The maximum Gasteiger partial charge on any atom is 0.306 e. The van der Waals surface area contributed by atoms with E-state index in [1.165, 1.54) is 11.3 Å². The first-order chi connectivity index (χ1) is 21.4. The minimum atomic E-state index is -0.698. The summed E-state index contributed by atoms with van der Waals surface area (Å²) in [4.78, 5) is 36.7. The zero-order chi connectivity index (χ0) is 31.1. The number of nitrogens with one attached hydrogen (secondary N) is 2. The van der Waals surface area contributed by atoms with Crippen molar-refractivity contribution < 1.29 is 23.5 Å². The minimum absolute atomic E-state index is 0.116. The smallest absolute Gasteiger partial charge is 0.306 e. The Morgan fingerprint density at radius 2 is 1.66 bits per heavy atom. The monoisotopic (exact) mass is 618 g/mol. The van der Waals surface area contributed by atoms with Crippen LogP contribution in [0.1, 0.15) is 59.5 Å². The van der Waals surface area contributed by atoms with E-state index in [0.717, 1.165) is 53.1 Å². The highest BCUT2D eigenvalue weighted by molar-refractivity contribution is 7.15.